The van der Waals surface area contributed by atoms with Gasteiger partial charge >= 0.3 is 0 Å². The molecule has 0 bridgehead atoms. The minimum atomic E-state index is 0.0358. The highest BCUT2D eigenvalue weighted by molar-refractivity contribution is 7.98. The van der Waals surface area contributed by atoms with Gasteiger partial charge in [-0.1, -0.05) is 24.1 Å². The molecular weight excluding hydrogens is 450 g/mol. The average molecular weight is 482 g/mol. The maximum absolute atomic E-state index is 13.0. The molecule has 1 saturated heterocycles. The number of imidazole rings is 1. The molecule has 0 atom stereocenters. The molecule has 1 aliphatic heterocycles. The molecule has 3 heterocycles. The minimum absolute atomic E-state index is 0.0358. The summed E-state index contributed by atoms with van der Waals surface area (Å²) in [5, 5.41) is 11.5. The van der Waals surface area contributed by atoms with Crippen LogP contribution in [0.4, 0.5) is 11.5 Å². The van der Waals surface area contributed by atoms with Gasteiger partial charge < -0.3 is 20.0 Å². The summed E-state index contributed by atoms with van der Waals surface area (Å²) in [6.07, 6.45) is 5.27. The Bertz CT molecular complexity index is 1140. The van der Waals surface area contributed by atoms with Gasteiger partial charge in [0, 0.05) is 63.9 Å². The van der Waals surface area contributed by atoms with Crippen LogP contribution < -0.4 is 14.9 Å². The third kappa shape index (κ3) is 5.26. The zero-order valence-electron chi connectivity index (χ0n) is 19.8. The SMILES string of the molecule is CNSCC(=N)N1CCN(C(=O)CNc2c(-c3ccc(N(C)C)cc3)nc3cnccn23)CC1. The van der Waals surface area contributed by atoms with Crippen molar-refractivity contribution < 1.29 is 4.79 Å². The quantitative estimate of drug-likeness (QED) is 0.254. The van der Waals surface area contributed by atoms with Crippen molar-refractivity contribution in [1.29, 1.82) is 5.41 Å². The van der Waals surface area contributed by atoms with Crippen LogP contribution in [0.2, 0.25) is 0 Å². The summed E-state index contributed by atoms with van der Waals surface area (Å²) < 4.78 is 4.92. The van der Waals surface area contributed by atoms with Gasteiger partial charge in [0.2, 0.25) is 5.91 Å². The van der Waals surface area contributed by atoms with E-state index in [1.807, 2.05) is 53.7 Å². The molecule has 1 aromatic carbocycles. The number of hydrogen-bond donors (Lipinski definition) is 3. The highest BCUT2D eigenvalue weighted by atomic mass is 32.2. The van der Waals surface area contributed by atoms with Crippen LogP contribution in [0, 0.1) is 5.41 Å². The van der Waals surface area contributed by atoms with Gasteiger partial charge in [-0.3, -0.25) is 24.3 Å². The molecule has 10 nitrogen and oxygen atoms in total. The van der Waals surface area contributed by atoms with Crippen molar-refractivity contribution in [3.05, 3.63) is 42.9 Å². The lowest BCUT2D eigenvalue weighted by Crippen LogP contribution is -2.52. The van der Waals surface area contributed by atoms with Crippen molar-refractivity contribution in [1.82, 2.24) is 28.9 Å². The summed E-state index contributed by atoms with van der Waals surface area (Å²) in [5.41, 5.74) is 3.58. The number of benzene rings is 1. The van der Waals surface area contributed by atoms with Gasteiger partial charge in [-0.2, -0.15) is 0 Å². The Labute approximate surface area is 204 Å². The summed E-state index contributed by atoms with van der Waals surface area (Å²) in [6.45, 7) is 2.76. The number of carbonyl (C=O) groups excluding carboxylic acids is 1. The first-order valence-corrected chi connectivity index (χ1v) is 12.2. The zero-order valence-corrected chi connectivity index (χ0v) is 20.6. The van der Waals surface area contributed by atoms with E-state index in [1.165, 1.54) is 11.9 Å². The van der Waals surface area contributed by atoms with E-state index in [9.17, 15) is 4.79 Å². The van der Waals surface area contributed by atoms with E-state index in [0.717, 1.165) is 28.4 Å². The number of nitrogens with zero attached hydrogens (tertiary/aromatic N) is 6. The van der Waals surface area contributed by atoms with E-state index < -0.39 is 0 Å². The second kappa shape index (κ2) is 10.7. The van der Waals surface area contributed by atoms with Gasteiger partial charge in [0.15, 0.2) is 5.65 Å². The average Bonchev–Trinajstić information content (AvgIpc) is 3.24. The number of hydrogen-bond acceptors (Lipinski definition) is 8. The van der Waals surface area contributed by atoms with E-state index in [4.69, 9.17) is 10.4 Å². The predicted molar refractivity (Wildman–Crippen MR) is 139 cm³/mol. The van der Waals surface area contributed by atoms with Crippen LogP contribution in [0.15, 0.2) is 42.9 Å². The number of fused-ring (bicyclic) bond motifs is 1. The topological polar surface area (TPSA) is 105 Å². The molecule has 0 spiro atoms. The first-order valence-electron chi connectivity index (χ1n) is 11.2. The van der Waals surface area contributed by atoms with Gasteiger partial charge in [0.1, 0.15) is 17.3 Å². The normalized spacial score (nSPS) is 13.9. The predicted octanol–water partition coefficient (Wildman–Crippen LogP) is 1.86. The first kappa shape index (κ1) is 23.8. The Balaban J connectivity index is 1.45. The third-order valence-electron chi connectivity index (χ3n) is 5.86. The number of amides is 1. The summed E-state index contributed by atoms with van der Waals surface area (Å²) in [6, 6.07) is 8.19. The molecule has 0 radical (unpaired) electrons. The van der Waals surface area contributed by atoms with Crippen molar-refractivity contribution in [3.63, 3.8) is 0 Å². The molecule has 11 heteroatoms. The fourth-order valence-corrected chi connectivity index (χ4v) is 4.39. The van der Waals surface area contributed by atoms with E-state index >= 15 is 0 Å². The van der Waals surface area contributed by atoms with Gasteiger partial charge in [0.05, 0.1) is 18.5 Å². The molecule has 0 saturated carbocycles. The number of carbonyl (C=O) groups is 1. The van der Waals surface area contributed by atoms with Gasteiger partial charge in [-0.05, 0) is 19.2 Å². The summed E-state index contributed by atoms with van der Waals surface area (Å²) in [4.78, 5) is 27.9. The zero-order chi connectivity index (χ0) is 24.1. The van der Waals surface area contributed by atoms with Crippen LogP contribution in [-0.4, -0.2) is 95.5 Å². The maximum Gasteiger partial charge on any atom is 0.242 e. The van der Waals surface area contributed by atoms with Crippen LogP contribution in [0.1, 0.15) is 0 Å². The molecule has 180 valence electrons. The molecule has 0 aliphatic carbocycles. The highest BCUT2D eigenvalue weighted by Gasteiger charge is 2.23. The van der Waals surface area contributed by atoms with Crippen molar-refractivity contribution in [3.8, 4) is 11.3 Å². The maximum atomic E-state index is 13.0. The lowest BCUT2D eigenvalue weighted by atomic mass is 10.1. The van der Waals surface area contributed by atoms with E-state index in [1.54, 1.807) is 12.4 Å². The van der Waals surface area contributed by atoms with Crippen molar-refractivity contribution >= 4 is 40.8 Å². The lowest BCUT2D eigenvalue weighted by molar-refractivity contribution is -0.130. The smallest absolute Gasteiger partial charge is 0.242 e. The minimum Gasteiger partial charge on any atom is -0.378 e. The molecule has 2 aromatic heterocycles. The monoisotopic (exact) mass is 481 g/mol. The fraction of sp³-hybridized carbons (Fsp3) is 0.391. The second-order valence-electron chi connectivity index (χ2n) is 8.22. The van der Waals surface area contributed by atoms with Gasteiger partial charge in [0.25, 0.3) is 0 Å². The summed E-state index contributed by atoms with van der Waals surface area (Å²) in [7, 11) is 5.87. The number of anilines is 2. The molecule has 1 aliphatic rings. The molecule has 1 fully saturated rings. The second-order valence-corrected chi connectivity index (χ2v) is 9.20. The van der Waals surface area contributed by atoms with E-state index in [-0.39, 0.29) is 12.5 Å². The van der Waals surface area contributed by atoms with Crippen LogP contribution in [0.5, 0.6) is 0 Å². The van der Waals surface area contributed by atoms with Crippen LogP contribution in [-0.2, 0) is 4.79 Å². The van der Waals surface area contributed by atoms with E-state index in [0.29, 0.717) is 37.8 Å². The Morgan fingerprint density at radius 3 is 2.53 bits per heavy atom. The fourth-order valence-electron chi connectivity index (χ4n) is 3.92. The molecular formula is C23H31N9OS. The number of aromatic nitrogens is 3. The number of nitrogens with one attached hydrogen (secondary N) is 3. The van der Waals surface area contributed by atoms with Crippen LogP contribution >= 0.6 is 11.9 Å². The summed E-state index contributed by atoms with van der Waals surface area (Å²) in [5.74, 6) is 2.02. The van der Waals surface area contributed by atoms with E-state index in [2.05, 4.69) is 32.1 Å². The largest absolute Gasteiger partial charge is 0.378 e. The van der Waals surface area contributed by atoms with Crippen LogP contribution in [0.25, 0.3) is 16.9 Å². The number of rotatable bonds is 8. The molecule has 1 amide bonds. The molecule has 34 heavy (non-hydrogen) atoms. The van der Waals surface area contributed by atoms with Crippen molar-refractivity contribution in [2.24, 2.45) is 0 Å². The molecule has 3 N–H and O–H groups in total. The summed E-state index contributed by atoms with van der Waals surface area (Å²) >= 11 is 1.50. The Hall–Kier alpha value is -3.31. The third-order valence-corrected chi connectivity index (χ3v) is 6.57. The number of piperazine rings is 1. The van der Waals surface area contributed by atoms with Gasteiger partial charge in [-0.25, -0.2) is 4.98 Å². The Morgan fingerprint density at radius 2 is 1.85 bits per heavy atom. The Kier molecular flexibility index (Phi) is 7.53. The van der Waals surface area contributed by atoms with Crippen LogP contribution in [0.3, 0.4) is 0 Å². The van der Waals surface area contributed by atoms with Gasteiger partial charge in [-0.15, -0.1) is 0 Å². The molecule has 0 unspecified atom stereocenters. The first-order chi connectivity index (χ1) is 16.5. The number of amidine groups is 1. The molecule has 3 aromatic rings. The highest BCUT2D eigenvalue weighted by Crippen LogP contribution is 2.29. The Morgan fingerprint density at radius 1 is 1.15 bits per heavy atom. The standard InChI is InChI=1S/C23H31N9OS/c1-25-34-16-19(24)30-10-12-31(13-11-30)21(33)15-27-23-22(28-20-14-26-8-9-32(20)23)17-4-6-18(7-5-17)29(2)3/h4-9,14,24-25,27H,10-13,15-16H2,1-3H3. The lowest BCUT2D eigenvalue weighted by Gasteiger charge is -2.36. The van der Waals surface area contributed by atoms with Crippen molar-refractivity contribution in [2.45, 2.75) is 0 Å². The van der Waals surface area contributed by atoms with Crippen molar-refractivity contribution in [2.75, 3.05) is 69.8 Å². The molecule has 4 rings (SSSR count).